The Bertz CT molecular complexity index is 261. The van der Waals surface area contributed by atoms with Crippen LogP contribution in [0.15, 0.2) is 0 Å². The van der Waals surface area contributed by atoms with Crippen LogP contribution in [0.3, 0.4) is 0 Å². The zero-order valence-electron chi connectivity index (χ0n) is 7.60. The van der Waals surface area contributed by atoms with Crippen molar-refractivity contribution in [3.05, 3.63) is 0 Å². The summed E-state index contributed by atoms with van der Waals surface area (Å²) in [7, 11) is 0. The van der Waals surface area contributed by atoms with Gasteiger partial charge in [-0.25, -0.2) is 0 Å². The molecule has 3 rings (SSSR count). The maximum absolute atomic E-state index is 10.3. The Morgan fingerprint density at radius 2 is 2.14 bits per heavy atom. The maximum Gasteiger partial charge on any atom is 0.163 e. The number of hydrogen-bond donors (Lipinski definition) is 2. The Labute approximate surface area is 86.8 Å². The lowest BCUT2D eigenvalue weighted by molar-refractivity contribution is -0.174. The van der Waals surface area contributed by atoms with Gasteiger partial charge in [0.05, 0.1) is 24.7 Å². The molecule has 3 fully saturated rings. The third kappa shape index (κ3) is 0.933. The molecule has 5 heteroatoms. The number of aliphatic hydroxyl groups is 2. The molecule has 0 aromatic rings. The molecule has 0 aromatic carbocycles. The van der Waals surface area contributed by atoms with Crippen LogP contribution in [-0.4, -0.2) is 46.8 Å². The average molecular weight is 221 g/mol. The van der Waals surface area contributed by atoms with Crippen LogP contribution in [-0.2, 0) is 9.47 Å². The van der Waals surface area contributed by atoms with Crippen LogP contribution in [0.1, 0.15) is 6.42 Å². The second-order valence-corrected chi connectivity index (χ2v) is 4.88. The highest BCUT2D eigenvalue weighted by Gasteiger charge is 2.66. The van der Waals surface area contributed by atoms with Gasteiger partial charge in [0.2, 0.25) is 0 Å². The largest absolute Gasteiger partial charge is 0.391 e. The summed E-state index contributed by atoms with van der Waals surface area (Å²) in [6.07, 6.45) is -0.267. The van der Waals surface area contributed by atoms with Crippen molar-refractivity contribution in [2.75, 3.05) is 13.2 Å². The molecule has 0 spiro atoms. The molecule has 0 unspecified atom stereocenters. The fourth-order valence-corrected chi connectivity index (χ4v) is 3.43. The molecule has 6 atom stereocenters. The second kappa shape index (κ2) is 2.83. The van der Waals surface area contributed by atoms with Crippen molar-refractivity contribution in [3.8, 4) is 0 Å². The summed E-state index contributed by atoms with van der Waals surface area (Å²) in [6.45, 7) is 0.743. The number of ether oxygens (including phenoxy) is 2. The number of halogens is 1. The monoisotopic (exact) mass is 220 g/mol. The highest BCUT2D eigenvalue weighted by atomic mass is 35.5. The normalized spacial score (nSPS) is 61.5. The van der Waals surface area contributed by atoms with E-state index in [0.717, 1.165) is 6.42 Å². The summed E-state index contributed by atoms with van der Waals surface area (Å²) in [6, 6.07) is 0. The molecule has 2 N–H and O–H groups in total. The quantitative estimate of drug-likeness (QED) is 0.551. The van der Waals surface area contributed by atoms with E-state index in [-0.39, 0.29) is 24.7 Å². The molecular weight excluding hydrogens is 208 g/mol. The molecule has 0 aromatic heterocycles. The highest BCUT2D eigenvalue weighted by molar-refractivity contribution is 6.22. The third-order valence-corrected chi connectivity index (χ3v) is 4.40. The van der Waals surface area contributed by atoms with E-state index in [9.17, 15) is 10.2 Å². The molecule has 1 aliphatic carbocycles. The molecule has 4 nitrogen and oxygen atoms in total. The van der Waals surface area contributed by atoms with E-state index in [4.69, 9.17) is 21.1 Å². The second-order valence-electron chi connectivity index (χ2n) is 4.41. The van der Waals surface area contributed by atoms with Crippen LogP contribution in [0.5, 0.6) is 0 Å². The molecule has 0 radical (unpaired) electrons. The van der Waals surface area contributed by atoms with Gasteiger partial charge in [-0.3, -0.25) is 0 Å². The molecule has 2 saturated heterocycles. The lowest BCUT2D eigenvalue weighted by Crippen LogP contribution is -2.44. The van der Waals surface area contributed by atoms with Crippen molar-refractivity contribution >= 4 is 11.6 Å². The Hall–Kier alpha value is 0.130. The van der Waals surface area contributed by atoms with Crippen LogP contribution in [0.25, 0.3) is 0 Å². The van der Waals surface area contributed by atoms with Gasteiger partial charge < -0.3 is 19.7 Å². The Balaban J connectivity index is 2.00. The number of aliphatic hydroxyl groups excluding tert-OH is 1. The van der Waals surface area contributed by atoms with Crippen LogP contribution in [0, 0.1) is 11.8 Å². The fraction of sp³-hybridized carbons (Fsp3) is 1.00. The molecular formula is C9H13ClO4. The SMILES string of the molecule is O[C@H]1[C@@H]2CCO[C@@H]3OC[C@@](O)([C@@H]32)[C@@H]1Cl. The van der Waals surface area contributed by atoms with Gasteiger partial charge in [-0.05, 0) is 12.3 Å². The number of alkyl halides is 1. The van der Waals surface area contributed by atoms with E-state index in [1.807, 2.05) is 0 Å². The van der Waals surface area contributed by atoms with Crippen molar-refractivity contribution in [1.82, 2.24) is 0 Å². The summed E-state index contributed by atoms with van der Waals surface area (Å²) >= 11 is 6.04. The predicted molar refractivity (Wildman–Crippen MR) is 47.9 cm³/mol. The van der Waals surface area contributed by atoms with E-state index >= 15 is 0 Å². The van der Waals surface area contributed by atoms with Gasteiger partial charge >= 0.3 is 0 Å². The smallest absolute Gasteiger partial charge is 0.163 e. The molecule has 3 aliphatic rings. The summed E-state index contributed by atoms with van der Waals surface area (Å²) in [5.74, 6) is -0.141. The van der Waals surface area contributed by atoms with Crippen molar-refractivity contribution in [2.24, 2.45) is 11.8 Å². The van der Waals surface area contributed by atoms with Crippen molar-refractivity contribution in [1.29, 1.82) is 0 Å². The molecule has 2 heterocycles. The van der Waals surface area contributed by atoms with Crippen molar-refractivity contribution in [2.45, 2.75) is 29.8 Å². The van der Waals surface area contributed by atoms with Crippen LogP contribution >= 0.6 is 11.6 Å². The third-order valence-electron chi connectivity index (χ3n) is 3.76. The Kier molecular flexibility index (Phi) is 1.89. The summed E-state index contributed by atoms with van der Waals surface area (Å²) < 4.78 is 10.7. The lowest BCUT2D eigenvalue weighted by atomic mass is 9.84. The first kappa shape index (κ1) is 9.36. The topological polar surface area (TPSA) is 58.9 Å². The first-order valence-electron chi connectivity index (χ1n) is 4.92. The van der Waals surface area contributed by atoms with E-state index < -0.39 is 17.1 Å². The first-order valence-corrected chi connectivity index (χ1v) is 5.36. The van der Waals surface area contributed by atoms with Crippen molar-refractivity contribution < 1.29 is 19.7 Å². The average Bonchev–Trinajstić information content (AvgIpc) is 2.63. The van der Waals surface area contributed by atoms with Gasteiger partial charge in [-0.1, -0.05) is 0 Å². The molecule has 2 aliphatic heterocycles. The highest BCUT2D eigenvalue weighted by Crippen LogP contribution is 2.53. The van der Waals surface area contributed by atoms with Gasteiger partial charge in [0.15, 0.2) is 6.29 Å². The summed E-state index contributed by atoms with van der Waals surface area (Å²) in [5.41, 5.74) is -1.10. The minimum Gasteiger partial charge on any atom is -0.391 e. The van der Waals surface area contributed by atoms with Gasteiger partial charge in [0, 0.05) is 5.92 Å². The van der Waals surface area contributed by atoms with E-state index in [2.05, 4.69) is 0 Å². The minimum atomic E-state index is -1.10. The predicted octanol–water partition coefficient (Wildman–Crippen LogP) is -0.292. The zero-order valence-corrected chi connectivity index (χ0v) is 8.35. The molecule has 80 valence electrons. The van der Waals surface area contributed by atoms with Gasteiger partial charge in [0.1, 0.15) is 5.60 Å². The van der Waals surface area contributed by atoms with E-state index in [1.54, 1.807) is 0 Å². The maximum atomic E-state index is 10.3. The van der Waals surface area contributed by atoms with Gasteiger partial charge in [-0.2, -0.15) is 0 Å². The van der Waals surface area contributed by atoms with E-state index in [0.29, 0.717) is 6.61 Å². The van der Waals surface area contributed by atoms with Crippen LogP contribution < -0.4 is 0 Å². The minimum absolute atomic E-state index is 0.0174. The molecule has 0 bridgehead atoms. The lowest BCUT2D eigenvalue weighted by Gasteiger charge is -2.32. The van der Waals surface area contributed by atoms with Gasteiger partial charge in [-0.15, -0.1) is 11.6 Å². The first-order chi connectivity index (χ1) is 6.64. The van der Waals surface area contributed by atoms with Gasteiger partial charge in [0.25, 0.3) is 0 Å². The number of rotatable bonds is 0. The Morgan fingerprint density at radius 1 is 1.36 bits per heavy atom. The molecule has 0 amide bonds. The fourth-order valence-electron chi connectivity index (χ4n) is 3.03. The molecule has 14 heavy (non-hydrogen) atoms. The standard InChI is InChI=1S/C9H13ClO4/c10-7-6(11)4-1-2-13-8-5(4)9(7,12)3-14-8/h4-8,11-12H,1-3H2/t4-,5-,6+,7-,8-,9-/m1/s1. The van der Waals surface area contributed by atoms with Crippen LogP contribution in [0.2, 0.25) is 0 Å². The van der Waals surface area contributed by atoms with Crippen molar-refractivity contribution in [3.63, 3.8) is 0 Å². The van der Waals surface area contributed by atoms with Crippen LogP contribution in [0.4, 0.5) is 0 Å². The summed E-state index contributed by atoms with van der Waals surface area (Å²) in [5, 5.41) is 19.5. The Morgan fingerprint density at radius 3 is 2.93 bits per heavy atom. The van der Waals surface area contributed by atoms with E-state index in [1.165, 1.54) is 0 Å². The summed E-state index contributed by atoms with van der Waals surface area (Å²) in [4.78, 5) is 0. The number of hydrogen-bond acceptors (Lipinski definition) is 4. The zero-order chi connectivity index (χ0) is 9.92. The molecule has 1 saturated carbocycles.